The Morgan fingerprint density at radius 1 is 0.889 bits per heavy atom. The van der Waals surface area contributed by atoms with Gasteiger partial charge in [-0.15, -0.1) is 5.10 Å². The zero-order valence-corrected chi connectivity index (χ0v) is 17.5. The maximum absolute atomic E-state index is 11.4. The lowest BCUT2D eigenvalue weighted by Gasteiger charge is -2.06. The summed E-state index contributed by atoms with van der Waals surface area (Å²) in [5, 5.41) is 4.23. The first-order valence-electron chi connectivity index (χ1n) is 9.54. The Hall–Kier alpha value is -2.95. The SMILES string of the molecule is CC.CC.CC.Cc1cccc(-n2nc(C(N)=O)nc2-c2ccccc2)c1. The summed E-state index contributed by atoms with van der Waals surface area (Å²) in [5.41, 5.74) is 8.12. The molecule has 27 heavy (non-hydrogen) atoms. The first-order valence-corrected chi connectivity index (χ1v) is 9.54. The molecule has 5 heteroatoms. The highest BCUT2D eigenvalue weighted by Gasteiger charge is 2.16. The Morgan fingerprint density at radius 3 is 2.00 bits per heavy atom. The van der Waals surface area contributed by atoms with Crippen LogP contribution in [-0.4, -0.2) is 20.7 Å². The number of hydrogen-bond acceptors (Lipinski definition) is 3. The first kappa shape index (κ1) is 24.1. The minimum Gasteiger partial charge on any atom is -0.363 e. The minimum atomic E-state index is -0.640. The fourth-order valence-electron chi connectivity index (χ4n) is 2.13. The van der Waals surface area contributed by atoms with Crippen molar-refractivity contribution >= 4 is 5.91 Å². The zero-order valence-electron chi connectivity index (χ0n) is 17.5. The van der Waals surface area contributed by atoms with E-state index < -0.39 is 5.91 Å². The summed E-state index contributed by atoms with van der Waals surface area (Å²) in [5.74, 6) is -0.0380. The highest BCUT2D eigenvalue weighted by Crippen LogP contribution is 2.21. The van der Waals surface area contributed by atoms with Gasteiger partial charge in [0.1, 0.15) is 0 Å². The van der Waals surface area contributed by atoms with Crippen LogP contribution < -0.4 is 5.73 Å². The minimum absolute atomic E-state index is 0.00959. The number of aryl methyl sites for hydroxylation is 1. The van der Waals surface area contributed by atoms with Crippen molar-refractivity contribution in [1.29, 1.82) is 0 Å². The Kier molecular flexibility index (Phi) is 11.8. The lowest BCUT2D eigenvalue weighted by atomic mass is 10.2. The molecule has 0 bridgehead atoms. The van der Waals surface area contributed by atoms with Crippen molar-refractivity contribution in [3.63, 3.8) is 0 Å². The molecule has 0 atom stereocenters. The number of primary amides is 1. The highest BCUT2D eigenvalue weighted by molar-refractivity contribution is 5.89. The predicted molar refractivity (Wildman–Crippen MR) is 114 cm³/mol. The van der Waals surface area contributed by atoms with Crippen LogP contribution in [0.15, 0.2) is 54.6 Å². The van der Waals surface area contributed by atoms with E-state index in [1.165, 1.54) is 0 Å². The van der Waals surface area contributed by atoms with Crippen LogP contribution in [0.4, 0.5) is 0 Å². The molecule has 3 aromatic rings. The van der Waals surface area contributed by atoms with Crippen molar-refractivity contribution in [3.05, 3.63) is 66.0 Å². The maximum atomic E-state index is 11.4. The van der Waals surface area contributed by atoms with E-state index >= 15 is 0 Å². The summed E-state index contributed by atoms with van der Waals surface area (Å²) in [6.45, 7) is 14.0. The van der Waals surface area contributed by atoms with Crippen molar-refractivity contribution in [3.8, 4) is 17.1 Å². The standard InChI is InChI=1S/C16H14N4O.3C2H6/c1-11-6-5-9-13(10-11)20-16(12-7-3-2-4-8-12)18-15(19-20)14(17)21;3*1-2/h2-10H,1H3,(H2,17,21);3*1-2H3. The number of benzene rings is 2. The van der Waals surface area contributed by atoms with Crippen LogP contribution in [0.1, 0.15) is 57.7 Å². The molecule has 3 rings (SSSR count). The number of aromatic nitrogens is 3. The van der Waals surface area contributed by atoms with Crippen LogP contribution in [0.2, 0.25) is 0 Å². The highest BCUT2D eigenvalue weighted by atomic mass is 16.1. The normalized spacial score (nSPS) is 8.85. The van der Waals surface area contributed by atoms with Gasteiger partial charge in [0.15, 0.2) is 5.82 Å². The molecule has 0 saturated carbocycles. The van der Waals surface area contributed by atoms with E-state index in [0.717, 1.165) is 16.8 Å². The van der Waals surface area contributed by atoms with Crippen LogP contribution in [0.5, 0.6) is 0 Å². The second-order valence-corrected chi connectivity index (χ2v) is 4.74. The maximum Gasteiger partial charge on any atom is 0.288 e. The van der Waals surface area contributed by atoms with Gasteiger partial charge in [0.2, 0.25) is 5.82 Å². The molecule has 0 aliphatic heterocycles. The second-order valence-electron chi connectivity index (χ2n) is 4.74. The zero-order chi connectivity index (χ0) is 20.8. The predicted octanol–water partition coefficient (Wildman–Crippen LogP) is 5.42. The van der Waals surface area contributed by atoms with E-state index in [-0.39, 0.29) is 5.82 Å². The summed E-state index contributed by atoms with van der Waals surface area (Å²) < 4.78 is 1.64. The lowest BCUT2D eigenvalue weighted by molar-refractivity contribution is 0.0990. The van der Waals surface area contributed by atoms with Crippen LogP contribution in [0.3, 0.4) is 0 Å². The van der Waals surface area contributed by atoms with Crippen molar-refractivity contribution in [2.24, 2.45) is 5.73 Å². The van der Waals surface area contributed by atoms with Crippen LogP contribution in [0, 0.1) is 6.92 Å². The molecule has 1 amide bonds. The topological polar surface area (TPSA) is 73.8 Å². The number of amides is 1. The van der Waals surface area contributed by atoms with Crippen LogP contribution in [0.25, 0.3) is 17.1 Å². The summed E-state index contributed by atoms with van der Waals surface area (Å²) in [6.07, 6.45) is 0. The number of carbonyl (C=O) groups excluding carboxylic acids is 1. The number of hydrogen-bond donors (Lipinski definition) is 1. The van der Waals surface area contributed by atoms with Crippen molar-refractivity contribution < 1.29 is 4.79 Å². The Morgan fingerprint density at radius 2 is 1.48 bits per heavy atom. The van der Waals surface area contributed by atoms with Gasteiger partial charge in [-0.25, -0.2) is 9.67 Å². The molecule has 5 nitrogen and oxygen atoms in total. The Labute approximate surface area is 163 Å². The van der Waals surface area contributed by atoms with Crippen molar-refractivity contribution in [2.75, 3.05) is 0 Å². The molecular formula is C22H32N4O. The molecule has 1 heterocycles. The van der Waals surface area contributed by atoms with E-state index in [9.17, 15) is 4.79 Å². The largest absolute Gasteiger partial charge is 0.363 e. The average Bonchev–Trinajstić information content (AvgIpc) is 3.19. The number of rotatable bonds is 3. The molecule has 1 aromatic heterocycles. The molecular weight excluding hydrogens is 336 g/mol. The van der Waals surface area contributed by atoms with Gasteiger partial charge >= 0.3 is 0 Å². The van der Waals surface area contributed by atoms with Gasteiger partial charge in [0.05, 0.1) is 5.69 Å². The first-order chi connectivity index (χ1) is 13.1. The van der Waals surface area contributed by atoms with E-state index in [4.69, 9.17) is 5.73 Å². The van der Waals surface area contributed by atoms with Crippen molar-refractivity contribution in [2.45, 2.75) is 48.5 Å². The molecule has 0 unspecified atom stereocenters. The van der Waals surface area contributed by atoms with Gasteiger partial charge in [-0.1, -0.05) is 84.0 Å². The smallest absolute Gasteiger partial charge is 0.288 e. The average molecular weight is 369 g/mol. The lowest BCUT2D eigenvalue weighted by Crippen LogP contribution is -2.13. The van der Waals surface area contributed by atoms with E-state index in [1.54, 1.807) is 4.68 Å². The number of carbonyl (C=O) groups is 1. The molecule has 2 aromatic carbocycles. The summed E-state index contributed by atoms with van der Waals surface area (Å²) in [7, 11) is 0. The third-order valence-corrected chi connectivity index (χ3v) is 3.11. The third-order valence-electron chi connectivity index (χ3n) is 3.11. The van der Waals surface area contributed by atoms with E-state index in [0.29, 0.717) is 5.82 Å². The molecule has 0 spiro atoms. The van der Waals surface area contributed by atoms with Gasteiger partial charge in [0, 0.05) is 5.56 Å². The molecule has 0 aliphatic carbocycles. The van der Waals surface area contributed by atoms with Gasteiger partial charge in [-0.05, 0) is 24.6 Å². The molecule has 0 radical (unpaired) electrons. The third kappa shape index (κ3) is 6.70. The van der Waals surface area contributed by atoms with E-state index in [2.05, 4.69) is 10.1 Å². The van der Waals surface area contributed by atoms with Gasteiger partial charge in [-0.3, -0.25) is 4.79 Å². The Bertz CT molecular complexity index is 795. The molecule has 146 valence electrons. The summed E-state index contributed by atoms with van der Waals surface area (Å²) >= 11 is 0. The van der Waals surface area contributed by atoms with Crippen LogP contribution >= 0.6 is 0 Å². The molecule has 0 aliphatic rings. The van der Waals surface area contributed by atoms with Crippen LogP contribution in [-0.2, 0) is 0 Å². The van der Waals surface area contributed by atoms with Gasteiger partial charge in [0.25, 0.3) is 5.91 Å². The van der Waals surface area contributed by atoms with Crippen molar-refractivity contribution in [1.82, 2.24) is 14.8 Å². The fraction of sp³-hybridized carbons (Fsp3) is 0.318. The quantitative estimate of drug-likeness (QED) is 0.671. The number of nitrogens with two attached hydrogens (primary N) is 1. The number of nitrogens with zero attached hydrogens (tertiary/aromatic N) is 3. The molecule has 0 saturated heterocycles. The molecule has 0 fully saturated rings. The van der Waals surface area contributed by atoms with E-state index in [1.807, 2.05) is 103 Å². The fourth-order valence-corrected chi connectivity index (χ4v) is 2.13. The monoisotopic (exact) mass is 368 g/mol. The molecule has 2 N–H and O–H groups in total. The Balaban J connectivity index is 0.00000103. The summed E-state index contributed by atoms with van der Waals surface area (Å²) in [6, 6.07) is 17.4. The summed E-state index contributed by atoms with van der Waals surface area (Å²) in [4.78, 5) is 15.6. The van der Waals surface area contributed by atoms with Gasteiger partial charge < -0.3 is 5.73 Å². The second kappa shape index (κ2) is 13.3. The van der Waals surface area contributed by atoms with Gasteiger partial charge in [-0.2, -0.15) is 0 Å².